The lowest BCUT2D eigenvalue weighted by Gasteiger charge is -2.10. The molecule has 156 valence electrons. The van der Waals surface area contributed by atoms with Gasteiger partial charge in [-0.2, -0.15) is 0 Å². The molecule has 0 bridgehead atoms. The molecule has 1 heterocycles. The number of nitrogens with zero attached hydrogens (tertiary/aromatic N) is 3. The van der Waals surface area contributed by atoms with Gasteiger partial charge in [-0.15, -0.1) is 16.8 Å². The molecule has 0 unspecified atom stereocenters. The molecule has 2 aromatic carbocycles. The third-order valence-electron chi connectivity index (χ3n) is 4.29. The number of thioether (sulfide) groups is 1. The molecule has 0 aliphatic rings. The van der Waals surface area contributed by atoms with E-state index in [1.807, 2.05) is 47.9 Å². The SMILES string of the molecule is C=CCn1c(COc2ccccc2C)nnc1SCC(=O)NCc1ccc(Cl)cc1. The highest BCUT2D eigenvalue weighted by molar-refractivity contribution is 7.99. The van der Waals surface area contributed by atoms with Crippen molar-refractivity contribution >= 4 is 29.3 Å². The van der Waals surface area contributed by atoms with Crippen molar-refractivity contribution in [1.82, 2.24) is 20.1 Å². The molecule has 30 heavy (non-hydrogen) atoms. The van der Waals surface area contributed by atoms with Crippen LogP contribution < -0.4 is 10.1 Å². The molecular weight excluding hydrogens is 420 g/mol. The van der Waals surface area contributed by atoms with Gasteiger partial charge in [0, 0.05) is 18.1 Å². The van der Waals surface area contributed by atoms with Crippen LogP contribution in [0.3, 0.4) is 0 Å². The number of amides is 1. The molecule has 3 aromatic rings. The Morgan fingerprint density at radius 3 is 2.73 bits per heavy atom. The average Bonchev–Trinajstić information content (AvgIpc) is 3.13. The summed E-state index contributed by atoms with van der Waals surface area (Å²) in [6, 6.07) is 15.2. The molecule has 0 spiro atoms. The summed E-state index contributed by atoms with van der Waals surface area (Å²) >= 11 is 7.21. The van der Waals surface area contributed by atoms with Crippen LogP contribution in [0.15, 0.2) is 66.3 Å². The van der Waals surface area contributed by atoms with Crippen LogP contribution in [-0.2, 0) is 24.5 Å². The van der Waals surface area contributed by atoms with Gasteiger partial charge in [-0.1, -0.05) is 59.8 Å². The van der Waals surface area contributed by atoms with Gasteiger partial charge in [-0.05, 0) is 36.2 Å². The number of carbonyl (C=O) groups is 1. The maximum absolute atomic E-state index is 12.2. The monoisotopic (exact) mass is 442 g/mol. The van der Waals surface area contributed by atoms with Crippen molar-refractivity contribution in [3.05, 3.63) is 83.2 Å². The van der Waals surface area contributed by atoms with E-state index in [-0.39, 0.29) is 18.3 Å². The Hall–Kier alpha value is -2.77. The van der Waals surface area contributed by atoms with E-state index in [1.54, 1.807) is 18.2 Å². The predicted molar refractivity (Wildman–Crippen MR) is 120 cm³/mol. The smallest absolute Gasteiger partial charge is 0.230 e. The number of hydrogen-bond acceptors (Lipinski definition) is 5. The van der Waals surface area contributed by atoms with E-state index >= 15 is 0 Å². The molecule has 0 saturated carbocycles. The molecule has 0 atom stereocenters. The first-order valence-corrected chi connectivity index (χ1v) is 10.8. The first-order chi connectivity index (χ1) is 14.6. The number of benzene rings is 2. The minimum Gasteiger partial charge on any atom is -0.485 e. The Labute approximate surface area is 185 Å². The summed E-state index contributed by atoms with van der Waals surface area (Å²) in [6.07, 6.45) is 1.77. The van der Waals surface area contributed by atoms with Gasteiger partial charge in [0.1, 0.15) is 12.4 Å². The highest BCUT2D eigenvalue weighted by atomic mass is 35.5. The summed E-state index contributed by atoms with van der Waals surface area (Å²) < 4.78 is 7.79. The summed E-state index contributed by atoms with van der Waals surface area (Å²) in [6.45, 7) is 7.07. The number of allylic oxidation sites excluding steroid dienone is 1. The molecule has 0 fully saturated rings. The van der Waals surface area contributed by atoms with Crippen LogP contribution in [0, 0.1) is 6.92 Å². The fourth-order valence-electron chi connectivity index (χ4n) is 2.69. The normalized spacial score (nSPS) is 10.6. The highest BCUT2D eigenvalue weighted by Crippen LogP contribution is 2.20. The molecule has 0 aliphatic heterocycles. The van der Waals surface area contributed by atoms with E-state index < -0.39 is 0 Å². The van der Waals surface area contributed by atoms with Gasteiger partial charge in [0.15, 0.2) is 11.0 Å². The fraction of sp³-hybridized carbons (Fsp3) is 0.227. The van der Waals surface area contributed by atoms with E-state index in [2.05, 4.69) is 22.1 Å². The van der Waals surface area contributed by atoms with Crippen molar-refractivity contribution in [2.75, 3.05) is 5.75 Å². The second-order valence-electron chi connectivity index (χ2n) is 6.54. The van der Waals surface area contributed by atoms with Gasteiger partial charge in [-0.25, -0.2) is 0 Å². The van der Waals surface area contributed by atoms with Crippen LogP contribution in [0.1, 0.15) is 17.0 Å². The number of halogens is 1. The Kier molecular flexibility index (Phi) is 7.93. The Morgan fingerprint density at radius 2 is 2.00 bits per heavy atom. The Bertz CT molecular complexity index is 1000. The van der Waals surface area contributed by atoms with E-state index in [9.17, 15) is 4.79 Å². The van der Waals surface area contributed by atoms with Crippen LogP contribution >= 0.6 is 23.4 Å². The van der Waals surface area contributed by atoms with E-state index in [1.165, 1.54) is 11.8 Å². The summed E-state index contributed by atoms with van der Waals surface area (Å²) in [4.78, 5) is 12.2. The van der Waals surface area contributed by atoms with Crippen LogP contribution in [0.25, 0.3) is 0 Å². The zero-order valence-electron chi connectivity index (χ0n) is 16.7. The minimum absolute atomic E-state index is 0.0826. The van der Waals surface area contributed by atoms with Gasteiger partial charge < -0.3 is 10.1 Å². The molecule has 0 aliphatic carbocycles. The van der Waals surface area contributed by atoms with Crippen molar-refractivity contribution in [2.24, 2.45) is 0 Å². The fourth-order valence-corrected chi connectivity index (χ4v) is 3.61. The summed E-state index contributed by atoms with van der Waals surface area (Å²) in [5, 5.41) is 12.7. The lowest BCUT2D eigenvalue weighted by molar-refractivity contribution is -0.118. The van der Waals surface area contributed by atoms with E-state index in [0.29, 0.717) is 29.1 Å². The Balaban J connectivity index is 1.56. The molecule has 1 N–H and O–H groups in total. The lowest BCUT2D eigenvalue weighted by Crippen LogP contribution is -2.24. The van der Waals surface area contributed by atoms with Crippen LogP contribution in [0.2, 0.25) is 5.02 Å². The maximum Gasteiger partial charge on any atom is 0.230 e. The number of aromatic nitrogens is 3. The predicted octanol–water partition coefficient (Wildman–Crippen LogP) is 4.41. The van der Waals surface area contributed by atoms with Crippen molar-refractivity contribution < 1.29 is 9.53 Å². The van der Waals surface area contributed by atoms with Crippen LogP contribution in [-0.4, -0.2) is 26.4 Å². The zero-order chi connectivity index (χ0) is 21.3. The Morgan fingerprint density at radius 1 is 1.23 bits per heavy atom. The molecule has 3 rings (SSSR count). The van der Waals surface area contributed by atoms with Crippen molar-refractivity contribution in [2.45, 2.75) is 31.8 Å². The summed E-state index contributed by atoms with van der Waals surface area (Å²) in [5.74, 6) is 1.64. The largest absolute Gasteiger partial charge is 0.485 e. The molecule has 1 amide bonds. The minimum atomic E-state index is -0.0826. The van der Waals surface area contributed by atoms with Crippen LogP contribution in [0.5, 0.6) is 5.75 Å². The number of rotatable bonds is 10. The molecular formula is C22H23ClN4O2S. The molecule has 1 aromatic heterocycles. The third kappa shape index (κ3) is 6.11. The number of para-hydroxylation sites is 1. The lowest BCUT2D eigenvalue weighted by atomic mass is 10.2. The zero-order valence-corrected chi connectivity index (χ0v) is 18.2. The summed E-state index contributed by atoms with van der Waals surface area (Å²) in [5.41, 5.74) is 2.04. The van der Waals surface area contributed by atoms with Gasteiger partial charge in [0.2, 0.25) is 5.91 Å². The molecule has 0 saturated heterocycles. The molecule has 6 nitrogen and oxygen atoms in total. The average molecular weight is 443 g/mol. The number of aryl methyl sites for hydroxylation is 1. The third-order valence-corrected chi connectivity index (χ3v) is 5.51. The van der Waals surface area contributed by atoms with E-state index in [4.69, 9.17) is 16.3 Å². The number of ether oxygens (including phenoxy) is 1. The second-order valence-corrected chi connectivity index (χ2v) is 7.92. The quantitative estimate of drug-likeness (QED) is 0.372. The van der Waals surface area contributed by atoms with Crippen molar-refractivity contribution in [3.63, 3.8) is 0 Å². The maximum atomic E-state index is 12.2. The highest BCUT2D eigenvalue weighted by Gasteiger charge is 2.14. The first-order valence-electron chi connectivity index (χ1n) is 9.42. The standard InChI is InChI=1S/C22H23ClN4O2S/c1-3-12-27-20(14-29-19-7-5-4-6-16(19)2)25-26-22(27)30-15-21(28)24-13-17-8-10-18(23)11-9-17/h3-11H,1,12-15H2,2H3,(H,24,28). The van der Waals surface area contributed by atoms with Crippen molar-refractivity contribution in [3.8, 4) is 5.75 Å². The van der Waals surface area contributed by atoms with Gasteiger partial charge in [0.05, 0.1) is 5.75 Å². The molecule has 8 heteroatoms. The second kappa shape index (κ2) is 10.8. The van der Waals surface area contributed by atoms with E-state index in [0.717, 1.165) is 16.9 Å². The van der Waals surface area contributed by atoms with Gasteiger partial charge >= 0.3 is 0 Å². The number of nitrogens with one attached hydrogen (secondary N) is 1. The molecule has 0 radical (unpaired) electrons. The van der Waals surface area contributed by atoms with Crippen LogP contribution in [0.4, 0.5) is 0 Å². The topological polar surface area (TPSA) is 69.0 Å². The van der Waals surface area contributed by atoms with Gasteiger partial charge in [0.25, 0.3) is 0 Å². The number of hydrogen-bond donors (Lipinski definition) is 1. The van der Waals surface area contributed by atoms with Crippen molar-refractivity contribution in [1.29, 1.82) is 0 Å². The number of carbonyl (C=O) groups excluding carboxylic acids is 1. The first kappa shape index (κ1) is 21.9. The summed E-state index contributed by atoms with van der Waals surface area (Å²) in [7, 11) is 0. The van der Waals surface area contributed by atoms with Gasteiger partial charge in [-0.3, -0.25) is 9.36 Å².